The van der Waals surface area contributed by atoms with Crippen LogP contribution in [0.2, 0.25) is 0 Å². The van der Waals surface area contributed by atoms with Gasteiger partial charge in [0.2, 0.25) is 11.8 Å². The van der Waals surface area contributed by atoms with E-state index in [1.807, 2.05) is 37.3 Å². The normalized spacial score (nSPS) is 17.8. The smallest absolute Gasteiger partial charge is 0.226 e. The van der Waals surface area contributed by atoms with Crippen molar-refractivity contribution in [2.24, 2.45) is 0 Å². The summed E-state index contributed by atoms with van der Waals surface area (Å²) in [4.78, 5) is 19.5. The van der Waals surface area contributed by atoms with Crippen molar-refractivity contribution in [1.29, 1.82) is 0 Å². The monoisotopic (exact) mass is 369 g/mol. The Bertz CT molecular complexity index is 726. The predicted octanol–water partition coefficient (Wildman–Crippen LogP) is 3.96. The van der Waals surface area contributed by atoms with Crippen LogP contribution < -0.4 is 5.32 Å². The molecule has 1 aliphatic rings. The second kappa shape index (κ2) is 9.70. The van der Waals surface area contributed by atoms with Gasteiger partial charge in [0.25, 0.3) is 0 Å². The summed E-state index contributed by atoms with van der Waals surface area (Å²) >= 11 is 0. The van der Waals surface area contributed by atoms with Gasteiger partial charge in [0.15, 0.2) is 0 Å². The first-order valence-electron chi connectivity index (χ1n) is 10.2. The molecule has 1 aromatic heterocycles. The molecule has 5 nitrogen and oxygen atoms in total. The summed E-state index contributed by atoms with van der Waals surface area (Å²) in [6, 6.07) is 10.3. The van der Waals surface area contributed by atoms with E-state index in [1.165, 1.54) is 32.1 Å². The number of hydrogen-bond acceptors (Lipinski definition) is 4. The molecule has 27 heavy (non-hydrogen) atoms. The van der Waals surface area contributed by atoms with Gasteiger partial charge in [-0.2, -0.15) is 0 Å². The molecular formula is C22H31N3O2. The molecular weight excluding hydrogens is 338 g/mol. The highest BCUT2D eigenvalue weighted by molar-refractivity contribution is 5.78. The number of nitrogens with one attached hydrogen (secondary N) is 1. The summed E-state index contributed by atoms with van der Waals surface area (Å²) in [6.45, 7) is 7.12. The summed E-state index contributed by atoms with van der Waals surface area (Å²) in [5, 5.41) is 3.12. The molecule has 5 heteroatoms. The Morgan fingerprint density at radius 2 is 2.11 bits per heavy atom. The highest BCUT2D eigenvalue weighted by Crippen LogP contribution is 2.22. The highest BCUT2D eigenvalue weighted by atomic mass is 16.4. The Labute approximate surface area is 162 Å². The molecule has 1 N–H and O–H groups in total. The van der Waals surface area contributed by atoms with Crippen molar-refractivity contribution in [2.75, 3.05) is 19.6 Å². The Balaban J connectivity index is 1.54. The second-order valence-corrected chi connectivity index (χ2v) is 7.41. The van der Waals surface area contributed by atoms with Crippen molar-refractivity contribution in [3.63, 3.8) is 0 Å². The van der Waals surface area contributed by atoms with Crippen LogP contribution in [-0.2, 0) is 11.2 Å². The van der Waals surface area contributed by atoms with Gasteiger partial charge in [0.1, 0.15) is 5.76 Å². The maximum atomic E-state index is 12.5. The maximum absolute atomic E-state index is 12.5. The van der Waals surface area contributed by atoms with Gasteiger partial charge in [-0.1, -0.05) is 38.0 Å². The lowest BCUT2D eigenvalue weighted by Crippen LogP contribution is -2.47. The van der Waals surface area contributed by atoms with Gasteiger partial charge in [0.05, 0.1) is 12.1 Å². The molecule has 1 unspecified atom stereocenters. The van der Waals surface area contributed by atoms with Crippen LogP contribution in [0.5, 0.6) is 0 Å². The topological polar surface area (TPSA) is 58.4 Å². The number of nitrogens with zero attached hydrogens (tertiary/aromatic N) is 2. The minimum atomic E-state index is 0.0204. The fourth-order valence-electron chi connectivity index (χ4n) is 3.69. The molecule has 0 spiro atoms. The van der Waals surface area contributed by atoms with Gasteiger partial charge in [-0.15, -0.1) is 0 Å². The molecule has 2 aromatic rings. The number of likely N-dealkylation sites (tertiary alicyclic amines) is 1. The van der Waals surface area contributed by atoms with E-state index in [0.717, 1.165) is 30.9 Å². The van der Waals surface area contributed by atoms with E-state index in [4.69, 9.17) is 4.42 Å². The molecule has 0 aliphatic carbocycles. The molecule has 1 atom stereocenters. The van der Waals surface area contributed by atoms with E-state index >= 15 is 0 Å². The average Bonchev–Trinajstić information content (AvgIpc) is 3.06. The average molecular weight is 370 g/mol. The molecule has 146 valence electrons. The molecule has 1 aromatic carbocycles. The molecule has 0 radical (unpaired) electrons. The highest BCUT2D eigenvalue weighted by Gasteiger charge is 2.22. The number of rotatable bonds is 8. The molecule has 3 rings (SSSR count). The zero-order valence-corrected chi connectivity index (χ0v) is 16.5. The van der Waals surface area contributed by atoms with Gasteiger partial charge in [-0.25, -0.2) is 4.98 Å². The van der Waals surface area contributed by atoms with Crippen molar-refractivity contribution in [3.05, 3.63) is 41.8 Å². The third-order valence-corrected chi connectivity index (χ3v) is 5.32. The van der Waals surface area contributed by atoms with Gasteiger partial charge in [0, 0.05) is 18.2 Å². The van der Waals surface area contributed by atoms with E-state index in [0.29, 0.717) is 17.7 Å². The summed E-state index contributed by atoms with van der Waals surface area (Å²) in [6.07, 6.45) is 6.41. The number of amides is 1. The van der Waals surface area contributed by atoms with E-state index in [9.17, 15) is 4.79 Å². The molecule has 1 fully saturated rings. The fourth-order valence-corrected chi connectivity index (χ4v) is 3.69. The molecule has 0 saturated carbocycles. The van der Waals surface area contributed by atoms with Crippen LogP contribution in [0.3, 0.4) is 0 Å². The zero-order chi connectivity index (χ0) is 19.1. The predicted molar refractivity (Wildman–Crippen MR) is 108 cm³/mol. The van der Waals surface area contributed by atoms with Crippen LogP contribution in [0.4, 0.5) is 0 Å². The summed E-state index contributed by atoms with van der Waals surface area (Å²) in [5.74, 6) is 1.31. The van der Waals surface area contributed by atoms with E-state index in [-0.39, 0.29) is 12.3 Å². The van der Waals surface area contributed by atoms with Gasteiger partial charge >= 0.3 is 0 Å². The number of carbonyl (C=O) groups excluding carboxylic acids is 1. The number of aromatic nitrogens is 1. The van der Waals surface area contributed by atoms with Gasteiger partial charge < -0.3 is 9.73 Å². The van der Waals surface area contributed by atoms with Crippen LogP contribution >= 0.6 is 0 Å². The number of carbonyl (C=O) groups is 1. The van der Waals surface area contributed by atoms with Gasteiger partial charge in [-0.3, -0.25) is 9.69 Å². The zero-order valence-electron chi connectivity index (χ0n) is 16.5. The Morgan fingerprint density at radius 1 is 1.30 bits per heavy atom. The third kappa shape index (κ3) is 5.42. The first-order valence-corrected chi connectivity index (χ1v) is 10.2. The molecule has 1 amide bonds. The number of benzene rings is 1. The third-order valence-electron chi connectivity index (χ3n) is 5.32. The number of unbranched alkanes of at least 4 members (excludes halogenated alkanes) is 1. The maximum Gasteiger partial charge on any atom is 0.226 e. The van der Waals surface area contributed by atoms with Gasteiger partial charge in [-0.05, 0) is 51.4 Å². The van der Waals surface area contributed by atoms with Crippen molar-refractivity contribution in [3.8, 4) is 11.5 Å². The number of oxazole rings is 1. The molecule has 2 heterocycles. The first-order chi connectivity index (χ1) is 13.2. The lowest BCUT2D eigenvalue weighted by atomic mass is 10.0. The molecule has 1 saturated heterocycles. The van der Waals surface area contributed by atoms with Crippen molar-refractivity contribution >= 4 is 5.91 Å². The van der Waals surface area contributed by atoms with E-state index < -0.39 is 0 Å². The van der Waals surface area contributed by atoms with Crippen molar-refractivity contribution in [2.45, 2.75) is 58.4 Å². The first kappa shape index (κ1) is 19.6. The summed E-state index contributed by atoms with van der Waals surface area (Å²) in [5.41, 5.74) is 1.65. The fraction of sp³-hybridized carbons (Fsp3) is 0.545. The van der Waals surface area contributed by atoms with Crippen LogP contribution in [-0.4, -0.2) is 41.5 Å². The standard InChI is InChI=1S/C22H31N3O2/c1-3-4-13-25-14-9-8-12-19(25)16-23-21(26)15-20-17(2)27-22(24-20)18-10-6-5-7-11-18/h5-7,10-11,19H,3-4,8-9,12-16H2,1-2H3,(H,23,26). The quantitative estimate of drug-likeness (QED) is 0.765. The number of hydrogen-bond donors (Lipinski definition) is 1. The molecule has 1 aliphatic heterocycles. The largest absolute Gasteiger partial charge is 0.441 e. The minimum Gasteiger partial charge on any atom is -0.441 e. The molecule has 0 bridgehead atoms. The second-order valence-electron chi connectivity index (χ2n) is 7.41. The minimum absolute atomic E-state index is 0.0204. The van der Waals surface area contributed by atoms with Crippen LogP contribution in [0.1, 0.15) is 50.5 Å². The lowest BCUT2D eigenvalue weighted by molar-refractivity contribution is -0.120. The van der Waals surface area contributed by atoms with E-state index in [1.54, 1.807) is 0 Å². The summed E-state index contributed by atoms with van der Waals surface area (Å²) < 4.78 is 5.76. The van der Waals surface area contributed by atoms with Crippen LogP contribution in [0.25, 0.3) is 11.5 Å². The van der Waals surface area contributed by atoms with Crippen LogP contribution in [0, 0.1) is 6.92 Å². The van der Waals surface area contributed by atoms with E-state index in [2.05, 4.69) is 22.1 Å². The SMILES string of the molecule is CCCCN1CCCCC1CNC(=O)Cc1nc(-c2ccccc2)oc1C. The van der Waals surface area contributed by atoms with Crippen LogP contribution in [0.15, 0.2) is 34.7 Å². The Kier molecular flexibility index (Phi) is 7.04. The lowest BCUT2D eigenvalue weighted by Gasteiger charge is -2.35. The van der Waals surface area contributed by atoms with Crippen molar-refractivity contribution in [1.82, 2.24) is 15.2 Å². The number of aryl methyl sites for hydroxylation is 1. The Hall–Kier alpha value is -2.14. The number of piperidine rings is 1. The summed E-state index contributed by atoms with van der Waals surface area (Å²) in [7, 11) is 0. The Morgan fingerprint density at radius 3 is 2.89 bits per heavy atom. The van der Waals surface area contributed by atoms with Crippen molar-refractivity contribution < 1.29 is 9.21 Å².